The third-order valence-electron chi connectivity index (χ3n) is 4.65. The van der Waals surface area contributed by atoms with Crippen LogP contribution in [0.3, 0.4) is 0 Å². The second kappa shape index (κ2) is 11.8. The van der Waals surface area contributed by atoms with Crippen LogP contribution < -0.4 is 14.8 Å². The molecule has 0 aliphatic rings. The van der Waals surface area contributed by atoms with E-state index in [1.54, 1.807) is 31.2 Å². The van der Waals surface area contributed by atoms with Gasteiger partial charge in [0.05, 0.1) is 16.6 Å². The Morgan fingerprint density at radius 2 is 1.91 bits per heavy atom. The molecule has 0 heterocycles. The molecule has 178 valence electrons. The van der Waals surface area contributed by atoms with Gasteiger partial charge in [-0.05, 0) is 82.5 Å². The summed E-state index contributed by atoms with van der Waals surface area (Å²) < 4.78 is 25.5. The van der Waals surface area contributed by atoms with E-state index in [0.29, 0.717) is 33.7 Å². The van der Waals surface area contributed by atoms with Gasteiger partial charge in [0.25, 0.3) is 5.91 Å². The Kier molecular flexibility index (Phi) is 8.59. The fourth-order valence-electron chi connectivity index (χ4n) is 3.10. The zero-order chi connectivity index (χ0) is 25.4. The van der Waals surface area contributed by atoms with Crippen LogP contribution in [0.15, 0.2) is 70.7 Å². The monoisotopic (exact) mass is 538 g/mol. The summed E-state index contributed by atoms with van der Waals surface area (Å²) >= 11 is 3.43. The lowest BCUT2D eigenvalue weighted by Gasteiger charge is -2.15. The molecule has 0 aliphatic carbocycles. The van der Waals surface area contributed by atoms with Crippen molar-refractivity contribution in [1.29, 1.82) is 5.26 Å². The van der Waals surface area contributed by atoms with E-state index < -0.39 is 11.9 Å². The molecule has 0 atom stereocenters. The number of aromatic carboxylic acids is 1. The van der Waals surface area contributed by atoms with Gasteiger partial charge in [-0.2, -0.15) is 5.26 Å². The summed E-state index contributed by atoms with van der Waals surface area (Å²) in [5.74, 6) is -1.44. The zero-order valence-corrected chi connectivity index (χ0v) is 20.1. The van der Waals surface area contributed by atoms with Crippen molar-refractivity contribution in [3.63, 3.8) is 0 Å². The summed E-state index contributed by atoms with van der Waals surface area (Å²) in [6.07, 6.45) is 1.38. The maximum absolute atomic E-state index is 13.5. The summed E-state index contributed by atoms with van der Waals surface area (Å²) in [5, 5.41) is 21.2. The number of carboxylic acids is 1. The predicted octanol–water partition coefficient (Wildman–Crippen LogP) is 5.81. The average Bonchev–Trinajstić information content (AvgIpc) is 2.82. The van der Waals surface area contributed by atoms with Gasteiger partial charge in [-0.25, -0.2) is 9.18 Å². The van der Waals surface area contributed by atoms with Crippen LogP contribution in [0, 0.1) is 17.1 Å². The lowest BCUT2D eigenvalue weighted by molar-refractivity contribution is -0.112. The van der Waals surface area contributed by atoms with Crippen molar-refractivity contribution >= 4 is 39.6 Å². The molecule has 0 spiro atoms. The van der Waals surface area contributed by atoms with Gasteiger partial charge in [0.1, 0.15) is 24.1 Å². The molecule has 3 rings (SSSR count). The highest BCUT2D eigenvalue weighted by Crippen LogP contribution is 2.38. The maximum Gasteiger partial charge on any atom is 0.335 e. The third-order valence-corrected chi connectivity index (χ3v) is 5.24. The van der Waals surface area contributed by atoms with Gasteiger partial charge < -0.3 is 19.9 Å². The summed E-state index contributed by atoms with van der Waals surface area (Å²) in [5.41, 5.74) is 1.18. The smallest absolute Gasteiger partial charge is 0.335 e. The first-order chi connectivity index (χ1) is 16.8. The topological polar surface area (TPSA) is 109 Å². The molecule has 9 heteroatoms. The number of nitrogens with zero attached hydrogens (tertiary/aromatic N) is 1. The van der Waals surface area contributed by atoms with Crippen molar-refractivity contribution in [1.82, 2.24) is 0 Å². The van der Waals surface area contributed by atoms with Crippen molar-refractivity contribution < 1.29 is 28.6 Å². The second-order valence-electron chi connectivity index (χ2n) is 7.19. The van der Waals surface area contributed by atoms with E-state index in [1.807, 2.05) is 6.07 Å². The van der Waals surface area contributed by atoms with Gasteiger partial charge in [0.15, 0.2) is 11.5 Å². The molecule has 0 fully saturated rings. The fraction of sp³-hybridized carbons (Fsp3) is 0.115. The van der Waals surface area contributed by atoms with Crippen LogP contribution in [-0.4, -0.2) is 23.6 Å². The van der Waals surface area contributed by atoms with Crippen LogP contribution in [0.1, 0.15) is 28.4 Å². The molecule has 35 heavy (non-hydrogen) atoms. The molecule has 0 saturated carbocycles. The number of nitrogens with one attached hydrogen (secondary N) is 1. The van der Waals surface area contributed by atoms with Crippen LogP contribution >= 0.6 is 15.9 Å². The van der Waals surface area contributed by atoms with Gasteiger partial charge in [-0.15, -0.1) is 0 Å². The SMILES string of the molecule is CCOc1cc(/C=C(/C#N)C(=O)Nc2cccc(C(=O)O)c2)cc(Br)c1OCc1cccc(F)c1. The Bertz CT molecular complexity index is 1330. The number of hydrogen-bond acceptors (Lipinski definition) is 5. The molecule has 1 amide bonds. The summed E-state index contributed by atoms with van der Waals surface area (Å²) in [6, 6.07) is 16.9. The number of anilines is 1. The van der Waals surface area contributed by atoms with E-state index in [-0.39, 0.29) is 29.2 Å². The number of rotatable bonds is 9. The molecule has 0 unspecified atom stereocenters. The number of hydrogen-bond donors (Lipinski definition) is 2. The standard InChI is InChI=1S/C26H20BrFN2O5/c1-2-34-23-12-17(11-22(27)24(23)35-15-16-5-3-7-20(28)10-16)9-19(14-29)25(31)30-21-8-4-6-18(13-21)26(32)33/h3-13H,2,15H2,1H3,(H,30,31)(H,32,33)/b19-9-. The largest absolute Gasteiger partial charge is 0.490 e. The molecule has 0 aromatic heterocycles. The number of carbonyl (C=O) groups is 2. The van der Waals surface area contributed by atoms with Crippen LogP contribution in [0.5, 0.6) is 11.5 Å². The number of benzene rings is 3. The maximum atomic E-state index is 13.5. The molecule has 0 saturated heterocycles. The van der Waals surface area contributed by atoms with E-state index in [9.17, 15) is 19.2 Å². The normalized spacial score (nSPS) is 10.9. The Morgan fingerprint density at radius 3 is 2.60 bits per heavy atom. The lowest BCUT2D eigenvalue weighted by Crippen LogP contribution is -2.14. The van der Waals surface area contributed by atoms with Crippen LogP contribution in [-0.2, 0) is 11.4 Å². The number of nitriles is 1. The number of carboxylic acid groups (broad SMARTS) is 1. The van der Waals surface area contributed by atoms with Crippen molar-refractivity contribution in [2.24, 2.45) is 0 Å². The number of halogens is 2. The first-order valence-electron chi connectivity index (χ1n) is 10.4. The molecule has 2 N–H and O–H groups in total. The third kappa shape index (κ3) is 6.91. The average molecular weight is 539 g/mol. The molecule has 0 aliphatic heterocycles. The molecule has 7 nitrogen and oxygen atoms in total. The Morgan fingerprint density at radius 1 is 1.14 bits per heavy atom. The number of carbonyl (C=O) groups excluding carboxylic acids is 1. The van der Waals surface area contributed by atoms with E-state index in [0.717, 1.165) is 0 Å². The lowest BCUT2D eigenvalue weighted by atomic mass is 10.1. The van der Waals surface area contributed by atoms with Gasteiger partial charge in [-0.1, -0.05) is 18.2 Å². The minimum absolute atomic E-state index is 0.00408. The quantitative estimate of drug-likeness (QED) is 0.263. The molecular formula is C26H20BrFN2O5. The first kappa shape index (κ1) is 25.5. The Labute approximate surface area is 209 Å². The van der Waals surface area contributed by atoms with Crippen molar-refractivity contribution in [3.05, 3.63) is 93.2 Å². The summed E-state index contributed by atoms with van der Waals surface area (Å²) in [6.45, 7) is 2.24. The molecular weight excluding hydrogens is 519 g/mol. The first-order valence-corrected chi connectivity index (χ1v) is 11.2. The van der Waals surface area contributed by atoms with E-state index in [2.05, 4.69) is 21.2 Å². The highest BCUT2D eigenvalue weighted by atomic mass is 79.9. The molecule has 0 radical (unpaired) electrons. The number of ether oxygens (including phenoxy) is 2. The number of amides is 1. The minimum atomic E-state index is -1.13. The zero-order valence-electron chi connectivity index (χ0n) is 18.5. The van der Waals surface area contributed by atoms with Crippen molar-refractivity contribution in [2.45, 2.75) is 13.5 Å². The van der Waals surface area contributed by atoms with Gasteiger partial charge in [-0.3, -0.25) is 4.79 Å². The minimum Gasteiger partial charge on any atom is -0.490 e. The predicted molar refractivity (Wildman–Crippen MR) is 132 cm³/mol. The highest BCUT2D eigenvalue weighted by Gasteiger charge is 2.15. The summed E-state index contributed by atoms with van der Waals surface area (Å²) in [4.78, 5) is 23.8. The second-order valence-corrected chi connectivity index (χ2v) is 8.05. The Hall–Kier alpha value is -4.16. The molecule has 3 aromatic rings. The Balaban J connectivity index is 1.85. The van der Waals surface area contributed by atoms with Crippen LogP contribution in [0.2, 0.25) is 0 Å². The van der Waals surface area contributed by atoms with Gasteiger partial charge in [0.2, 0.25) is 0 Å². The highest BCUT2D eigenvalue weighted by molar-refractivity contribution is 9.10. The van der Waals surface area contributed by atoms with Crippen molar-refractivity contribution in [2.75, 3.05) is 11.9 Å². The van der Waals surface area contributed by atoms with E-state index in [4.69, 9.17) is 14.6 Å². The van der Waals surface area contributed by atoms with Crippen molar-refractivity contribution in [3.8, 4) is 17.6 Å². The van der Waals surface area contributed by atoms with Crippen LogP contribution in [0.4, 0.5) is 10.1 Å². The molecule has 3 aromatic carbocycles. The van der Waals surface area contributed by atoms with Gasteiger partial charge >= 0.3 is 5.97 Å². The van der Waals surface area contributed by atoms with E-state index >= 15 is 0 Å². The molecule has 0 bridgehead atoms. The fourth-order valence-corrected chi connectivity index (χ4v) is 3.67. The van der Waals surface area contributed by atoms with E-state index in [1.165, 1.54) is 42.5 Å². The summed E-state index contributed by atoms with van der Waals surface area (Å²) in [7, 11) is 0. The van der Waals surface area contributed by atoms with Gasteiger partial charge in [0, 0.05) is 5.69 Å². The van der Waals surface area contributed by atoms with Crippen LogP contribution in [0.25, 0.3) is 6.08 Å².